The molecule has 0 bridgehead atoms. The summed E-state index contributed by atoms with van der Waals surface area (Å²) in [5, 5.41) is -1.82. The lowest BCUT2D eigenvalue weighted by molar-refractivity contribution is 0.334. The molecule has 5 rings (SSSR count). The van der Waals surface area contributed by atoms with Crippen molar-refractivity contribution >= 4 is 21.5 Å². The Kier molecular flexibility index (Phi) is 6.32. The number of rotatable bonds is 4. The van der Waals surface area contributed by atoms with Crippen LogP contribution in [0.15, 0.2) is 42.5 Å². The fourth-order valence-corrected chi connectivity index (χ4v) is 4.73. The molecule has 200 valence electrons. The van der Waals surface area contributed by atoms with E-state index in [1.54, 1.807) is 0 Å². The Balaban J connectivity index is 2.08. The smallest absolute Gasteiger partial charge is 0.204 e. The van der Waals surface area contributed by atoms with Gasteiger partial charge in [-0.15, -0.1) is 0 Å². The lowest BCUT2D eigenvalue weighted by atomic mass is 9.85. The van der Waals surface area contributed by atoms with E-state index < -0.39 is 96.9 Å². The monoisotopic (exact) mass is 552 g/mol. The van der Waals surface area contributed by atoms with Crippen molar-refractivity contribution in [3.05, 3.63) is 94.8 Å². The Bertz CT molecular complexity index is 1780. The minimum Gasteiger partial charge on any atom is -0.491 e. The highest BCUT2D eigenvalue weighted by Crippen LogP contribution is 2.49. The topological polar surface area (TPSA) is 18.5 Å². The molecule has 0 aliphatic carbocycles. The zero-order chi connectivity index (χ0) is 28.3. The zero-order valence-electron chi connectivity index (χ0n) is 19.8. The van der Waals surface area contributed by atoms with Crippen molar-refractivity contribution < 1.29 is 49.0 Å². The molecule has 0 aromatic heterocycles. The van der Waals surface area contributed by atoms with Gasteiger partial charge in [0.25, 0.3) is 0 Å². The number of fused-ring (bicyclic) bond motifs is 2. The molecule has 0 fully saturated rings. The third-order valence-corrected chi connectivity index (χ3v) is 6.35. The molecule has 5 aromatic rings. The predicted octanol–water partition coefficient (Wildman–Crippen LogP) is 8.60. The minimum atomic E-state index is -1.94. The summed E-state index contributed by atoms with van der Waals surface area (Å²) in [6, 6.07) is 7.85. The van der Waals surface area contributed by atoms with Crippen molar-refractivity contribution in [2.45, 2.75) is 0 Å². The molecule has 0 saturated heterocycles. The maximum absolute atomic E-state index is 15.4. The number of hydrogen-bond acceptors (Lipinski definition) is 2. The molecule has 0 N–H and O–H groups in total. The van der Waals surface area contributed by atoms with Gasteiger partial charge >= 0.3 is 0 Å². The summed E-state index contributed by atoms with van der Waals surface area (Å²) < 4.78 is 144. The Morgan fingerprint density at radius 3 is 1.23 bits per heavy atom. The standard InChI is InChI=1S/C28H13F9O2/c1-38-27-23(34)19(30)17(20(31)24(27)35)14-10-6-3-4-7-11(10)16(15-12(14)8-5-9-13(15)29)18-21(32)25(36)28(39-2)26(37)22(18)33/h3-9H,1-2H3. The molecule has 0 aliphatic rings. The molecule has 2 nitrogen and oxygen atoms in total. The fourth-order valence-electron chi connectivity index (χ4n) is 4.73. The van der Waals surface area contributed by atoms with Gasteiger partial charge in [0.05, 0.1) is 25.3 Å². The highest BCUT2D eigenvalue weighted by atomic mass is 19.2. The fraction of sp³-hybridized carbons (Fsp3) is 0.0714. The number of ether oxygens (including phenoxy) is 2. The number of methoxy groups -OCH3 is 2. The summed E-state index contributed by atoms with van der Waals surface area (Å²) in [5.74, 6) is -19.2. The second-order valence-electron chi connectivity index (χ2n) is 8.29. The maximum atomic E-state index is 15.4. The molecule has 11 heteroatoms. The van der Waals surface area contributed by atoms with Crippen LogP contribution in [-0.2, 0) is 0 Å². The Morgan fingerprint density at radius 2 is 0.795 bits per heavy atom. The van der Waals surface area contributed by atoms with E-state index in [-0.39, 0.29) is 10.8 Å². The van der Waals surface area contributed by atoms with Crippen LogP contribution in [-0.4, -0.2) is 14.2 Å². The second-order valence-corrected chi connectivity index (χ2v) is 8.29. The summed E-state index contributed by atoms with van der Waals surface area (Å²) >= 11 is 0. The van der Waals surface area contributed by atoms with Crippen LogP contribution in [0.2, 0.25) is 0 Å². The lowest BCUT2D eigenvalue weighted by Crippen LogP contribution is -2.06. The second kappa shape index (κ2) is 9.40. The van der Waals surface area contributed by atoms with Gasteiger partial charge in [-0.05, 0) is 22.2 Å². The molecule has 0 radical (unpaired) electrons. The lowest BCUT2D eigenvalue weighted by Gasteiger charge is -2.20. The van der Waals surface area contributed by atoms with Crippen molar-refractivity contribution in [1.29, 1.82) is 0 Å². The zero-order valence-corrected chi connectivity index (χ0v) is 19.8. The van der Waals surface area contributed by atoms with Crippen molar-refractivity contribution in [1.82, 2.24) is 0 Å². The van der Waals surface area contributed by atoms with Crippen LogP contribution in [0.3, 0.4) is 0 Å². The first-order chi connectivity index (χ1) is 18.6. The maximum Gasteiger partial charge on any atom is 0.204 e. The van der Waals surface area contributed by atoms with Crippen molar-refractivity contribution in [3.63, 3.8) is 0 Å². The normalized spacial score (nSPS) is 11.5. The molecule has 0 unspecified atom stereocenters. The number of halogens is 9. The van der Waals surface area contributed by atoms with Gasteiger partial charge in [0.15, 0.2) is 34.8 Å². The van der Waals surface area contributed by atoms with Gasteiger partial charge in [0.1, 0.15) is 5.82 Å². The summed E-state index contributed by atoms with van der Waals surface area (Å²) in [6.07, 6.45) is 0. The molecular weight excluding hydrogens is 539 g/mol. The molecule has 0 atom stereocenters. The van der Waals surface area contributed by atoms with Crippen LogP contribution in [0.5, 0.6) is 11.5 Å². The SMILES string of the molecule is COc1c(F)c(F)c(-c2c3ccccc3c(-c3c(F)c(F)c(OC)c(F)c3F)c3c(F)cccc23)c(F)c1F. The van der Waals surface area contributed by atoms with Crippen LogP contribution >= 0.6 is 0 Å². The minimum absolute atomic E-state index is 0.275. The van der Waals surface area contributed by atoms with Gasteiger partial charge in [-0.1, -0.05) is 36.4 Å². The molecule has 5 aromatic carbocycles. The van der Waals surface area contributed by atoms with E-state index in [0.29, 0.717) is 0 Å². The van der Waals surface area contributed by atoms with Crippen LogP contribution in [0, 0.1) is 52.4 Å². The van der Waals surface area contributed by atoms with E-state index in [1.807, 2.05) is 0 Å². The summed E-state index contributed by atoms with van der Waals surface area (Å²) in [7, 11) is 1.56. The molecule has 0 spiro atoms. The van der Waals surface area contributed by atoms with E-state index in [2.05, 4.69) is 9.47 Å². The van der Waals surface area contributed by atoms with E-state index in [1.165, 1.54) is 18.2 Å². The van der Waals surface area contributed by atoms with Gasteiger partial charge in [0.2, 0.25) is 23.3 Å². The number of benzene rings is 5. The van der Waals surface area contributed by atoms with Crippen molar-refractivity contribution in [3.8, 4) is 33.8 Å². The molecule has 0 heterocycles. The highest BCUT2D eigenvalue weighted by Gasteiger charge is 2.33. The van der Waals surface area contributed by atoms with Crippen LogP contribution in [0.1, 0.15) is 0 Å². The molecule has 0 aliphatic heterocycles. The van der Waals surface area contributed by atoms with Gasteiger partial charge in [-0.3, -0.25) is 0 Å². The van der Waals surface area contributed by atoms with Gasteiger partial charge in [-0.2, -0.15) is 17.6 Å². The van der Waals surface area contributed by atoms with Crippen molar-refractivity contribution in [2.24, 2.45) is 0 Å². The first-order valence-corrected chi connectivity index (χ1v) is 11.0. The van der Waals surface area contributed by atoms with E-state index in [4.69, 9.17) is 0 Å². The van der Waals surface area contributed by atoms with Gasteiger partial charge in [0, 0.05) is 16.5 Å². The first-order valence-electron chi connectivity index (χ1n) is 11.0. The molecule has 39 heavy (non-hydrogen) atoms. The number of hydrogen-bond donors (Lipinski definition) is 0. The Morgan fingerprint density at radius 1 is 0.410 bits per heavy atom. The molecule has 0 saturated carbocycles. The van der Waals surface area contributed by atoms with E-state index >= 15 is 22.0 Å². The van der Waals surface area contributed by atoms with Crippen molar-refractivity contribution in [2.75, 3.05) is 14.2 Å². The third kappa shape index (κ3) is 3.59. The predicted molar refractivity (Wildman–Crippen MR) is 125 cm³/mol. The molecule has 0 amide bonds. The first kappa shape index (κ1) is 26.2. The van der Waals surface area contributed by atoms with E-state index in [9.17, 15) is 17.6 Å². The van der Waals surface area contributed by atoms with Gasteiger partial charge in [-0.25, -0.2) is 22.0 Å². The third-order valence-electron chi connectivity index (χ3n) is 6.35. The van der Waals surface area contributed by atoms with Crippen LogP contribution in [0.4, 0.5) is 39.5 Å². The van der Waals surface area contributed by atoms with Crippen LogP contribution < -0.4 is 9.47 Å². The highest BCUT2D eigenvalue weighted by molar-refractivity contribution is 6.21. The molecular formula is C28H13F9O2. The summed E-state index contributed by atoms with van der Waals surface area (Å²) in [5.41, 5.74) is -3.91. The van der Waals surface area contributed by atoms with Crippen LogP contribution in [0.25, 0.3) is 43.8 Å². The quantitative estimate of drug-likeness (QED) is 0.126. The van der Waals surface area contributed by atoms with Gasteiger partial charge < -0.3 is 9.47 Å². The average molecular weight is 552 g/mol. The van der Waals surface area contributed by atoms with E-state index in [0.717, 1.165) is 38.5 Å². The largest absolute Gasteiger partial charge is 0.491 e. The Hall–Kier alpha value is -4.41. The Labute approximate surface area is 213 Å². The summed E-state index contributed by atoms with van der Waals surface area (Å²) in [6.45, 7) is 0. The average Bonchev–Trinajstić information content (AvgIpc) is 2.92. The summed E-state index contributed by atoms with van der Waals surface area (Å²) in [4.78, 5) is 0.